The first kappa shape index (κ1) is 17.4. The van der Waals surface area contributed by atoms with Crippen molar-refractivity contribution in [3.63, 3.8) is 0 Å². The number of ether oxygens (including phenoxy) is 1. The number of likely N-dealkylation sites (tertiary alicyclic amines) is 1. The SMILES string of the molecule is O=C(O)CC1CCN(Cc2ccc(O)c(OC(F)(F)F)c2)CC1. The van der Waals surface area contributed by atoms with E-state index in [9.17, 15) is 23.1 Å². The number of piperidine rings is 1. The maximum atomic E-state index is 12.3. The minimum Gasteiger partial charge on any atom is -0.504 e. The van der Waals surface area contributed by atoms with E-state index in [1.165, 1.54) is 12.1 Å². The number of nitrogens with zero attached hydrogens (tertiary/aromatic N) is 1. The van der Waals surface area contributed by atoms with E-state index >= 15 is 0 Å². The molecule has 1 aliphatic rings. The fraction of sp³-hybridized carbons (Fsp3) is 0.533. The van der Waals surface area contributed by atoms with E-state index in [1.54, 1.807) is 6.07 Å². The molecule has 1 saturated heterocycles. The minimum atomic E-state index is -4.86. The maximum Gasteiger partial charge on any atom is 0.573 e. The molecule has 0 unspecified atom stereocenters. The molecule has 1 aliphatic heterocycles. The summed E-state index contributed by atoms with van der Waals surface area (Å²) < 4.78 is 40.6. The van der Waals surface area contributed by atoms with Gasteiger partial charge in [-0.1, -0.05) is 6.07 Å². The number of benzene rings is 1. The number of aliphatic carboxylic acids is 1. The van der Waals surface area contributed by atoms with Gasteiger partial charge in [-0.05, 0) is 49.5 Å². The lowest BCUT2D eigenvalue weighted by atomic mass is 9.93. The molecule has 0 aromatic heterocycles. The minimum absolute atomic E-state index is 0.146. The van der Waals surface area contributed by atoms with Gasteiger partial charge in [-0.2, -0.15) is 0 Å². The summed E-state index contributed by atoms with van der Waals surface area (Å²) >= 11 is 0. The molecular weight excluding hydrogens is 315 g/mol. The van der Waals surface area contributed by atoms with Crippen LogP contribution in [0.5, 0.6) is 11.5 Å². The molecule has 1 aromatic carbocycles. The van der Waals surface area contributed by atoms with Crippen molar-refractivity contribution in [3.8, 4) is 11.5 Å². The summed E-state index contributed by atoms with van der Waals surface area (Å²) in [4.78, 5) is 12.7. The van der Waals surface area contributed by atoms with E-state index in [0.717, 1.165) is 12.8 Å². The van der Waals surface area contributed by atoms with Crippen molar-refractivity contribution in [1.82, 2.24) is 4.90 Å². The summed E-state index contributed by atoms with van der Waals surface area (Å²) in [6, 6.07) is 3.89. The molecule has 2 N–H and O–H groups in total. The van der Waals surface area contributed by atoms with Crippen molar-refractivity contribution in [2.75, 3.05) is 13.1 Å². The van der Waals surface area contributed by atoms with Crippen LogP contribution in [0.3, 0.4) is 0 Å². The number of phenolic OH excluding ortho intramolecular Hbond substituents is 1. The average molecular weight is 333 g/mol. The highest BCUT2D eigenvalue weighted by atomic mass is 19.4. The molecular formula is C15H18F3NO4. The molecule has 0 atom stereocenters. The Labute approximate surface area is 131 Å². The Kier molecular flexibility index (Phi) is 5.35. The molecule has 0 aliphatic carbocycles. The summed E-state index contributed by atoms with van der Waals surface area (Å²) in [5.41, 5.74) is 0.596. The van der Waals surface area contributed by atoms with Crippen molar-refractivity contribution >= 4 is 5.97 Å². The Morgan fingerprint density at radius 1 is 1.30 bits per heavy atom. The van der Waals surface area contributed by atoms with Crippen LogP contribution in [0, 0.1) is 5.92 Å². The van der Waals surface area contributed by atoms with E-state index < -0.39 is 23.8 Å². The van der Waals surface area contributed by atoms with Gasteiger partial charge < -0.3 is 14.9 Å². The lowest BCUT2D eigenvalue weighted by molar-refractivity contribution is -0.275. The van der Waals surface area contributed by atoms with E-state index in [4.69, 9.17) is 5.11 Å². The maximum absolute atomic E-state index is 12.3. The number of alkyl halides is 3. The Bertz CT molecular complexity index is 554. The number of halogens is 3. The number of carbonyl (C=O) groups is 1. The Balaban J connectivity index is 1.94. The lowest BCUT2D eigenvalue weighted by Gasteiger charge is -2.31. The third-order valence-electron chi connectivity index (χ3n) is 3.83. The topological polar surface area (TPSA) is 70.0 Å². The molecule has 0 saturated carbocycles. The highest BCUT2D eigenvalue weighted by Gasteiger charge is 2.32. The number of hydrogen-bond acceptors (Lipinski definition) is 4. The molecule has 128 valence electrons. The molecule has 0 radical (unpaired) electrons. The summed E-state index contributed by atoms with van der Waals surface area (Å²) in [6.45, 7) is 1.80. The summed E-state index contributed by atoms with van der Waals surface area (Å²) in [5, 5.41) is 18.2. The van der Waals surface area contributed by atoms with Crippen LogP contribution >= 0.6 is 0 Å². The van der Waals surface area contributed by atoms with E-state index in [-0.39, 0.29) is 12.3 Å². The summed E-state index contributed by atoms with van der Waals surface area (Å²) in [5.74, 6) is -1.84. The summed E-state index contributed by atoms with van der Waals surface area (Å²) in [6.07, 6.45) is -3.21. The third kappa shape index (κ3) is 5.63. The van der Waals surface area contributed by atoms with Crippen LogP contribution < -0.4 is 4.74 Å². The van der Waals surface area contributed by atoms with Crippen LogP contribution in [0.1, 0.15) is 24.8 Å². The second-order valence-corrected chi connectivity index (χ2v) is 5.67. The largest absolute Gasteiger partial charge is 0.573 e. The van der Waals surface area contributed by atoms with Gasteiger partial charge in [0.25, 0.3) is 0 Å². The van der Waals surface area contributed by atoms with E-state index in [0.29, 0.717) is 25.2 Å². The van der Waals surface area contributed by atoms with Crippen LogP contribution in [-0.2, 0) is 11.3 Å². The highest BCUT2D eigenvalue weighted by molar-refractivity contribution is 5.67. The zero-order chi connectivity index (χ0) is 17.0. The van der Waals surface area contributed by atoms with Crippen LogP contribution in [0.15, 0.2) is 18.2 Å². The second-order valence-electron chi connectivity index (χ2n) is 5.67. The quantitative estimate of drug-likeness (QED) is 0.867. The first-order chi connectivity index (χ1) is 10.7. The number of aromatic hydroxyl groups is 1. The van der Waals surface area contributed by atoms with Crippen molar-refractivity contribution < 1.29 is 32.9 Å². The zero-order valence-electron chi connectivity index (χ0n) is 12.3. The average Bonchev–Trinajstić information content (AvgIpc) is 2.42. The summed E-state index contributed by atoms with van der Waals surface area (Å²) in [7, 11) is 0. The highest BCUT2D eigenvalue weighted by Crippen LogP contribution is 2.32. The number of phenols is 1. The predicted octanol–water partition coefficient (Wildman–Crippen LogP) is 2.98. The van der Waals surface area contributed by atoms with Crippen LogP contribution in [-0.4, -0.2) is 40.5 Å². The van der Waals surface area contributed by atoms with Crippen molar-refractivity contribution in [3.05, 3.63) is 23.8 Å². The number of hydrogen-bond donors (Lipinski definition) is 2. The van der Waals surface area contributed by atoms with Gasteiger partial charge in [0.1, 0.15) is 0 Å². The number of rotatable bonds is 5. The fourth-order valence-electron chi connectivity index (χ4n) is 2.72. The van der Waals surface area contributed by atoms with Gasteiger partial charge in [0.05, 0.1) is 0 Å². The van der Waals surface area contributed by atoms with Crippen LogP contribution in [0.2, 0.25) is 0 Å². The standard InChI is InChI=1S/C15H18F3NO4/c16-15(17,18)23-13-7-11(1-2-12(13)20)9-19-5-3-10(4-6-19)8-14(21)22/h1-2,7,10,20H,3-6,8-9H2,(H,21,22). The number of carboxylic acid groups (broad SMARTS) is 1. The van der Waals surface area contributed by atoms with Crippen LogP contribution in [0.25, 0.3) is 0 Å². The van der Waals surface area contributed by atoms with Gasteiger partial charge in [0.15, 0.2) is 11.5 Å². The number of carboxylic acids is 1. The Morgan fingerprint density at radius 3 is 2.52 bits per heavy atom. The molecule has 8 heteroatoms. The molecule has 1 heterocycles. The van der Waals surface area contributed by atoms with Crippen molar-refractivity contribution in [2.24, 2.45) is 5.92 Å². The molecule has 1 fully saturated rings. The molecule has 0 amide bonds. The van der Waals surface area contributed by atoms with Crippen LogP contribution in [0.4, 0.5) is 13.2 Å². The zero-order valence-corrected chi connectivity index (χ0v) is 12.3. The van der Waals surface area contributed by atoms with Gasteiger partial charge in [0, 0.05) is 13.0 Å². The Hall–Kier alpha value is -1.96. The molecule has 2 rings (SSSR count). The molecule has 0 spiro atoms. The fourth-order valence-corrected chi connectivity index (χ4v) is 2.72. The molecule has 23 heavy (non-hydrogen) atoms. The molecule has 5 nitrogen and oxygen atoms in total. The predicted molar refractivity (Wildman–Crippen MR) is 75.0 cm³/mol. The van der Waals surface area contributed by atoms with Gasteiger partial charge in [-0.25, -0.2) is 0 Å². The van der Waals surface area contributed by atoms with Gasteiger partial charge in [-0.15, -0.1) is 13.2 Å². The monoisotopic (exact) mass is 333 g/mol. The second kappa shape index (κ2) is 7.08. The first-order valence-corrected chi connectivity index (χ1v) is 7.25. The van der Waals surface area contributed by atoms with Gasteiger partial charge >= 0.3 is 12.3 Å². The first-order valence-electron chi connectivity index (χ1n) is 7.25. The van der Waals surface area contributed by atoms with Crippen molar-refractivity contribution in [1.29, 1.82) is 0 Å². The van der Waals surface area contributed by atoms with Crippen molar-refractivity contribution in [2.45, 2.75) is 32.2 Å². The smallest absolute Gasteiger partial charge is 0.504 e. The Morgan fingerprint density at radius 2 is 1.96 bits per heavy atom. The van der Waals surface area contributed by atoms with Gasteiger partial charge in [-0.3, -0.25) is 9.69 Å². The third-order valence-corrected chi connectivity index (χ3v) is 3.83. The van der Waals surface area contributed by atoms with E-state index in [1.807, 2.05) is 4.90 Å². The molecule has 0 bridgehead atoms. The normalized spacial score (nSPS) is 17.2. The van der Waals surface area contributed by atoms with E-state index in [2.05, 4.69) is 4.74 Å². The van der Waals surface area contributed by atoms with Gasteiger partial charge in [0.2, 0.25) is 0 Å². The lowest BCUT2D eigenvalue weighted by Crippen LogP contribution is -2.33. The molecule has 1 aromatic rings.